The molecule has 5 heteroatoms. The number of unbranched alkanes of at least 4 members (excludes halogenated alkanes) is 12. The van der Waals surface area contributed by atoms with Crippen LogP contribution in [-0.2, 0) is 9.53 Å². The number of amides is 1. The third-order valence-electron chi connectivity index (χ3n) is 5.65. The van der Waals surface area contributed by atoms with E-state index < -0.39 is 0 Å². The van der Waals surface area contributed by atoms with Crippen molar-refractivity contribution in [3.63, 3.8) is 0 Å². The molecule has 0 bridgehead atoms. The Labute approximate surface area is 208 Å². The van der Waals surface area contributed by atoms with Crippen molar-refractivity contribution in [2.75, 3.05) is 26.4 Å². The first-order chi connectivity index (χ1) is 15.3. The maximum absolute atomic E-state index is 11.9. The topological polar surface area (TPSA) is 41.6 Å². The van der Waals surface area contributed by atoms with Gasteiger partial charge in [0.2, 0.25) is 5.91 Å². The average Bonchev–Trinajstić information content (AvgIpc) is 2.78. The lowest BCUT2D eigenvalue weighted by Crippen LogP contribution is -2.33. The van der Waals surface area contributed by atoms with E-state index in [1.165, 1.54) is 83.5 Å². The quantitative estimate of drug-likeness (QED) is 0.136. The predicted octanol–water partition coefficient (Wildman–Crippen LogP) is 7.47. The summed E-state index contributed by atoms with van der Waals surface area (Å²) in [7, 11) is 0. The van der Waals surface area contributed by atoms with Crippen LogP contribution in [-0.4, -0.2) is 37.2 Å². The molecule has 0 aliphatic carbocycles. The number of ether oxygens (including phenoxy) is 1. The molecule has 0 aromatic carbocycles. The van der Waals surface area contributed by atoms with Gasteiger partial charge in [-0.1, -0.05) is 82.9 Å². The molecule has 0 aromatic rings. The SMILES string of the molecule is Br.CCCCCCCC/C=C\CCCCCCCCOCN1C=CC=C(C(=O)NCC)C1. The van der Waals surface area contributed by atoms with Crippen LogP contribution in [0.25, 0.3) is 0 Å². The molecule has 0 radical (unpaired) electrons. The Kier molecular flexibility index (Phi) is 22.3. The Morgan fingerprint density at radius 3 is 2.16 bits per heavy atom. The molecule has 0 unspecified atom stereocenters. The highest BCUT2D eigenvalue weighted by Gasteiger charge is 2.13. The number of likely N-dealkylation sites (N-methyl/N-ethyl adjacent to an activating group) is 1. The summed E-state index contributed by atoms with van der Waals surface area (Å²) in [6.45, 7) is 6.84. The molecule has 1 rings (SSSR count). The van der Waals surface area contributed by atoms with Crippen LogP contribution in [0.1, 0.15) is 104 Å². The average molecular weight is 514 g/mol. The normalized spacial score (nSPS) is 13.3. The third-order valence-corrected chi connectivity index (χ3v) is 5.65. The molecule has 1 amide bonds. The zero-order chi connectivity index (χ0) is 22.4. The first-order valence-corrected chi connectivity index (χ1v) is 12.9. The van der Waals surface area contributed by atoms with Crippen molar-refractivity contribution in [3.05, 3.63) is 36.1 Å². The zero-order valence-corrected chi connectivity index (χ0v) is 22.5. The number of nitrogens with zero attached hydrogens (tertiary/aromatic N) is 1. The number of nitrogens with one attached hydrogen (secondary N) is 1. The number of rotatable bonds is 20. The van der Waals surface area contributed by atoms with Crippen molar-refractivity contribution in [1.29, 1.82) is 0 Å². The van der Waals surface area contributed by atoms with E-state index in [1.54, 1.807) is 0 Å². The largest absolute Gasteiger partial charge is 0.361 e. The van der Waals surface area contributed by atoms with Crippen molar-refractivity contribution in [1.82, 2.24) is 10.2 Å². The Morgan fingerprint density at radius 1 is 0.938 bits per heavy atom. The minimum absolute atomic E-state index is 0. The number of hydrogen-bond acceptors (Lipinski definition) is 3. The van der Waals surface area contributed by atoms with E-state index >= 15 is 0 Å². The molecular weight excluding hydrogens is 464 g/mol. The van der Waals surface area contributed by atoms with Gasteiger partial charge in [0, 0.05) is 24.9 Å². The number of hydrogen-bond donors (Lipinski definition) is 1. The number of carbonyl (C=O) groups is 1. The summed E-state index contributed by atoms with van der Waals surface area (Å²) in [4.78, 5) is 13.9. The molecule has 0 fully saturated rings. The lowest BCUT2D eigenvalue weighted by molar-refractivity contribution is -0.117. The fourth-order valence-corrected chi connectivity index (χ4v) is 3.75. The van der Waals surface area contributed by atoms with Gasteiger partial charge in [-0.3, -0.25) is 4.79 Å². The van der Waals surface area contributed by atoms with Gasteiger partial charge in [0.15, 0.2) is 0 Å². The van der Waals surface area contributed by atoms with Crippen LogP contribution in [0.2, 0.25) is 0 Å². The standard InChI is InChI=1S/C27H48N2O2.BrH/c1-3-5-6-7-8-9-10-11-12-13-14-15-16-17-18-19-23-31-25-29-22-20-21-26(24-29)27(30)28-4-2;/h11-12,20-22H,3-10,13-19,23-25H2,1-2H3,(H,28,30);1H/b12-11-;. The van der Waals surface area contributed by atoms with Crippen LogP contribution in [0.5, 0.6) is 0 Å². The fraction of sp³-hybridized carbons (Fsp3) is 0.741. The Balaban J connectivity index is 0.00000961. The van der Waals surface area contributed by atoms with E-state index in [0.29, 0.717) is 19.8 Å². The molecule has 1 aliphatic rings. The summed E-state index contributed by atoms with van der Waals surface area (Å²) in [5, 5.41) is 2.85. The van der Waals surface area contributed by atoms with Gasteiger partial charge in [0.1, 0.15) is 6.73 Å². The maximum atomic E-state index is 11.9. The highest BCUT2D eigenvalue weighted by Crippen LogP contribution is 2.11. The van der Waals surface area contributed by atoms with Crippen LogP contribution in [0.15, 0.2) is 36.1 Å². The molecule has 0 aromatic heterocycles. The number of carbonyl (C=O) groups excluding carboxylic acids is 1. The van der Waals surface area contributed by atoms with Crippen molar-refractivity contribution in [2.24, 2.45) is 0 Å². The molecule has 1 heterocycles. The lowest BCUT2D eigenvalue weighted by Gasteiger charge is -2.24. The van der Waals surface area contributed by atoms with Gasteiger partial charge in [-0.05, 0) is 45.1 Å². The van der Waals surface area contributed by atoms with Crippen molar-refractivity contribution >= 4 is 22.9 Å². The lowest BCUT2D eigenvalue weighted by atomic mass is 10.1. The first-order valence-electron chi connectivity index (χ1n) is 12.9. The summed E-state index contributed by atoms with van der Waals surface area (Å²) in [6.07, 6.45) is 29.1. The van der Waals surface area contributed by atoms with Gasteiger partial charge >= 0.3 is 0 Å². The molecule has 0 saturated carbocycles. The Bertz CT molecular complexity index is 532. The van der Waals surface area contributed by atoms with Gasteiger partial charge in [-0.15, -0.1) is 17.0 Å². The van der Waals surface area contributed by atoms with Crippen LogP contribution in [0, 0.1) is 0 Å². The van der Waals surface area contributed by atoms with Gasteiger partial charge in [0.05, 0.1) is 6.54 Å². The van der Waals surface area contributed by atoms with Gasteiger partial charge < -0.3 is 15.0 Å². The van der Waals surface area contributed by atoms with Crippen LogP contribution in [0.4, 0.5) is 0 Å². The van der Waals surface area contributed by atoms with E-state index in [2.05, 4.69) is 24.4 Å². The second-order valence-electron chi connectivity index (χ2n) is 8.61. The highest BCUT2D eigenvalue weighted by molar-refractivity contribution is 8.93. The van der Waals surface area contributed by atoms with Gasteiger partial charge in [-0.2, -0.15) is 0 Å². The summed E-state index contributed by atoms with van der Waals surface area (Å²) in [5.74, 6) is 0.0187. The van der Waals surface area contributed by atoms with Crippen LogP contribution in [0.3, 0.4) is 0 Å². The Morgan fingerprint density at radius 2 is 1.53 bits per heavy atom. The first kappa shape index (κ1) is 30.9. The van der Waals surface area contributed by atoms with Gasteiger partial charge in [0.25, 0.3) is 0 Å². The third kappa shape index (κ3) is 17.5. The predicted molar refractivity (Wildman–Crippen MR) is 143 cm³/mol. The van der Waals surface area contributed by atoms with Gasteiger partial charge in [-0.25, -0.2) is 0 Å². The van der Waals surface area contributed by atoms with E-state index in [4.69, 9.17) is 4.74 Å². The molecule has 1 aliphatic heterocycles. The molecule has 0 atom stereocenters. The van der Waals surface area contributed by atoms with E-state index in [1.807, 2.05) is 30.2 Å². The maximum Gasteiger partial charge on any atom is 0.249 e. The van der Waals surface area contributed by atoms with Crippen LogP contribution >= 0.6 is 17.0 Å². The monoisotopic (exact) mass is 512 g/mol. The smallest absolute Gasteiger partial charge is 0.249 e. The molecule has 0 spiro atoms. The second-order valence-corrected chi connectivity index (χ2v) is 8.61. The summed E-state index contributed by atoms with van der Waals surface area (Å²) >= 11 is 0. The van der Waals surface area contributed by atoms with Crippen molar-refractivity contribution in [2.45, 2.75) is 104 Å². The fourth-order valence-electron chi connectivity index (χ4n) is 3.75. The van der Waals surface area contributed by atoms with E-state index in [0.717, 1.165) is 18.6 Å². The second kappa shape index (κ2) is 23.1. The van der Waals surface area contributed by atoms with Crippen molar-refractivity contribution in [3.8, 4) is 0 Å². The molecule has 32 heavy (non-hydrogen) atoms. The zero-order valence-electron chi connectivity index (χ0n) is 20.8. The minimum Gasteiger partial charge on any atom is -0.361 e. The number of halogens is 1. The Hall–Kier alpha value is -1.07. The van der Waals surface area contributed by atoms with Crippen molar-refractivity contribution < 1.29 is 9.53 Å². The molecule has 186 valence electrons. The minimum atomic E-state index is 0. The molecule has 0 saturated heterocycles. The highest BCUT2D eigenvalue weighted by atomic mass is 79.9. The summed E-state index contributed by atoms with van der Waals surface area (Å²) in [5.41, 5.74) is 0.796. The van der Waals surface area contributed by atoms with E-state index in [9.17, 15) is 4.79 Å². The van der Waals surface area contributed by atoms with E-state index in [-0.39, 0.29) is 22.9 Å². The summed E-state index contributed by atoms with van der Waals surface area (Å²) in [6, 6.07) is 0. The number of allylic oxidation sites excluding steroid dienone is 4. The molecular formula is C27H49BrN2O2. The molecule has 1 N–H and O–H groups in total. The summed E-state index contributed by atoms with van der Waals surface area (Å²) < 4.78 is 5.79. The molecule has 4 nitrogen and oxygen atoms in total. The van der Waals surface area contributed by atoms with Crippen LogP contribution < -0.4 is 5.32 Å².